The Kier molecular flexibility index (Phi) is 4.13. The molecule has 122 valence electrons. The first-order chi connectivity index (χ1) is 10.8. The van der Waals surface area contributed by atoms with Crippen LogP contribution in [-0.4, -0.2) is 16.0 Å². The van der Waals surface area contributed by atoms with Gasteiger partial charge in [-0.15, -0.1) is 0 Å². The lowest BCUT2D eigenvalue weighted by atomic mass is 10.3. The molecule has 2 aromatic rings. The summed E-state index contributed by atoms with van der Waals surface area (Å²) in [6.07, 6.45) is -2.88. The van der Waals surface area contributed by atoms with Crippen LogP contribution >= 0.6 is 15.9 Å². The number of nitrogens with zero attached hydrogens (tertiary/aromatic N) is 2. The highest BCUT2D eigenvalue weighted by Crippen LogP contribution is 2.32. The number of hydrogen-bond donors (Lipinski definition) is 2. The predicted molar refractivity (Wildman–Crippen MR) is 81.1 cm³/mol. The van der Waals surface area contributed by atoms with Crippen molar-refractivity contribution in [2.75, 3.05) is 10.6 Å². The summed E-state index contributed by atoms with van der Waals surface area (Å²) >= 11 is 3.11. The van der Waals surface area contributed by atoms with Crippen LogP contribution in [0.1, 0.15) is 18.5 Å². The first-order valence-electron chi connectivity index (χ1n) is 6.76. The fraction of sp³-hybridized carbons (Fsp3) is 0.286. The lowest BCUT2D eigenvalue weighted by Crippen LogP contribution is -2.14. The maximum absolute atomic E-state index is 13.8. The molecule has 3 rings (SSSR count). The molecule has 0 aliphatic heterocycles. The SMILES string of the molecule is Fc1cc(Br)ccc1Nc1cc(C(F)(F)F)nc(NC2CC2)n1. The maximum atomic E-state index is 13.8. The van der Waals surface area contributed by atoms with Crippen molar-refractivity contribution in [1.82, 2.24) is 9.97 Å². The number of benzene rings is 1. The van der Waals surface area contributed by atoms with Crippen molar-refractivity contribution in [1.29, 1.82) is 0 Å². The summed E-state index contributed by atoms with van der Waals surface area (Å²) in [5, 5.41) is 5.37. The topological polar surface area (TPSA) is 49.8 Å². The Morgan fingerprint density at radius 1 is 1.13 bits per heavy atom. The van der Waals surface area contributed by atoms with E-state index < -0.39 is 17.7 Å². The zero-order chi connectivity index (χ0) is 16.6. The van der Waals surface area contributed by atoms with E-state index in [0.717, 1.165) is 18.9 Å². The van der Waals surface area contributed by atoms with Gasteiger partial charge in [0.2, 0.25) is 5.95 Å². The molecule has 0 atom stereocenters. The van der Waals surface area contributed by atoms with Crippen molar-refractivity contribution in [3.05, 3.63) is 40.2 Å². The zero-order valence-corrected chi connectivity index (χ0v) is 13.2. The Bertz CT molecular complexity index is 731. The standard InChI is InChI=1S/C14H11BrF4N4/c15-7-1-4-10(9(16)5-7)21-12-6-11(14(17,18)19)22-13(23-12)20-8-2-3-8/h1,4-6,8H,2-3H2,(H2,20,21,22,23). The van der Waals surface area contributed by atoms with Crippen LogP contribution in [0.4, 0.5) is 35.0 Å². The summed E-state index contributed by atoms with van der Waals surface area (Å²) in [7, 11) is 0. The fourth-order valence-corrected chi connectivity index (χ4v) is 2.19. The molecule has 1 fully saturated rings. The summed E-state index contributed by atoms with van der Waals surface area (Å²) < 4.78 is 53.2. The van der Waals surface area contributed by atoms with Gasteiger partial charge in [-0.3, -0.25) is 0 Å². The van der Waals surface area contributed by atoms with Crippen LogP contribution in [0.25, 0.3) is 0 Å². The number of aromatic nitrogens is 2. The molecule has 2 N–H and O–H groups in total. The number of alkyl halides is 3. The van der Waals surface area contributed by atoms with E-state index in [0.29, 0.717) is 4.47 Å². The molecule has 1 heterocycles. The first-order valence-corrected chi connectivity index (χ1v) is 7.55. The second-order valence-electron chi connectivity index (χ2n) is 5.13. The van der Waals surface area contributed by atoms with Gasteiger partial charge in [-0.25, -0.2) is 9.37 Å². The van der Waals surface area contributed by atoms with Crippen molar-refractivity contribution in [3.63, 3.8) is 0 Å². The molecule has 23 heavy (non-hydrogen) atoms. The molecule has 0 bridgehead atoms. The second kappa shape index (κ2) is 5.95. The minimum absolute atomic E-state index is 0.0254. The lowest BCUT2D eigenvalue weighted by molar-refractivity contribution is -0.141. The van der Waals surface area contributed by atoms with Gasteiger partial charge in [-0.1, -0.05) is 15.9 Å². The number of halogens is 5. The van der Waals surface area contributed by atoms with Crippen LogP contribution in [0.5, 0.6) is 0 Å². The molecule has 1 saturated carbocycles. The van der Waals surface area contributed by atoms with E-state index in [1.807, 2.05) is 0 Å². The van der Waals surface area contributed by atoms with Crippen LogP contribution in [0, 0.1) is 5.82 Å². The summed E-state index contributed by atoms with van der Waals surface area (Å²) in [6, 6.07) is 5.02. The van der Waals surface area contributed by atoms with Gasteiger partial charge in [0.25, 0.3) is 0 Å². The third kappa shape index (κ3) is 4.10. The summed E-state index contributed by atoms with van der Waals surface area (Å²) in [4.78, 5) is 7.45. The molecule has 0 saturated heterocycles. The fourth-order valence-electron chi connectivity index (χ4n) is 1.86. The summed E-state index contributed by atoms with van der Waals surface area (Å²) in [6.45, 7) is 0. The molecule has 4 nitrogen and oxygen atoms in total. The quantitative estimate of drug-likeness (QED) is 0.741. The van der Waals surface area contributed by atoms with Gasteiger partial charge in [0.15, 0.2) is 5.69 Å². The van der Waals surface area contributed by atoms with Gasteiger partial charge in [0.05, 0.1) is 5.69 Å². The van der Waals surface area contributed by atoms with E-state index in [1.54, 1.807) is 6.07 Å². The molecule has 0 unspecified atom stereocenters. The van der Waals surface area contributed by atoms with Gasteiger partial charge in [0, 0.05) is 16.6 Å². The number of nitrogens with one attached hydrogen (secondary N) is 2. The molecule has 1 aromatic heterocycles. The Labute approximate surface area is 137 Å². The van der Waals surface area contributed by atoms with Crippen molar-refractivity contribution < 1.29 is 17.6 Å². The summed E-state index contributed by atoms with van der Waals surface area (Å²) in [5.41, 5.74) is -1.06. The van der Waals surface area contributed by atoms with Crippen LogP contribution < -0.4 is 10.6 Å². The largest absolute Gasteiger partial charge is 0.433 e. The van der Waals surface area contributed by atoms with Gasteiger partial charge in [-0.05, 0) is 31.0 Å². The molecule has 1 aliphatic rings. The lowest BCUT2D eigenvalue weighted by Gasteiger charge is -2.13. The zero-order valence-electron chi connectivity index (χ0n) is 11.6. The highest BCUT2D eigenvalue weighted by molar-refractivity contribution is 9.10. The van der Waals surface area contributed by atoms with Gasteiger partial charge in [-0.2, -0.15) is 18.2 Å². The monoisotopic (exact) mass is 390 g/mol. The Morgan fingerprint density at radius 2 is 1.87 bits per heavy atom. The molecule has 1 aromatic carbocycles. The van der Waals surface area contributed by atoms with E-state index >= 15 is 0 Å². The predicted octanol–water partition coefficient (Wildman–Crippen LogP) is 4.71. The molecule has 1 aliphatic carbocycles. The van der Waals surface area contributed by atoms with E-state index in [2.05, 4.69) is 36.5 Å². The van der Waals surface area contributed by atoms with E-state index in [9.17, 15) is 17.6 Å². The van der Waals surface area contributed by atoms with Crippen LogP contribution in [-0.2, 0) is 6.18 Å². The third-order valence-electron chi connectivity index (χ3n) is 3.12. The minimum Gasteiger partial charge on any atom is -0.351 e. The van der Waals surface area contributed by atoms with Crippen molar-refractivity contribution in [2.45, 2.75) is 25.1 Å². The van der Waals surface area contributed by atoms with Crippen LogP contribution in [0.2, 0.25) is 0 Å². The molecule has 0 amide bonds. The average Bonchev–Trinajstić information content (AvgIpc) is 3.25. The molecule has 9 heteroatoms. The van der Waals surface area contributed by atoms with Crippen molar-refractivity contribution in [2.24, 2.45) is 0 Å². The van der Waals surface area contributed by atoms with Gasteiger partial charge < -0.3 is 10.6 Å². The number of hydrogen-bond acceptors (Lipinski definition) is 4. The highest BCUT2D eigenvalue weighted by Gasteiger charge is 2.34. The third-order valence-corrected chi connectivity index (χ3v) is 3.61. The average molecular weight is 391 g/mol. The van der Waals surface area contributed by atoms with E-state index in [1.165, 1.54) is 12.1 Å². The van der Waals surface area contributed by atoms with Gasteiger partial charge >= 0.3 is 6.18 Å². The molecule has 0 spiro atoms. The molecule has 0 radical (unpaired) electrons. The Balaban J connectivity index is 1.93. The number of rotatable bonds is 4. The number of anilines is 3. The van der Waals surface area contributed by atoms with Crippen molar-refractivity contribution in [3.8, 4) is 0 Å². The second-order valence-corrected chi connectivity index (χ2v) is 6.04. The van der Waals surface area contributed by atoms with Gasteiger partial charge in [0.1, 0.15) is 11.6 Å². The highest BCUT2D eigenvalue weighted by atomic mass is 79.9. The normalized spacial score (nSPS) is 14.7. The van der Waals surface area contributed by atoms with E-state index in [4.69, 9.17) is 0 Å². The molecular formula is C14H11BrF4N4. The van der Waals surface area contributed by atoms with Crippen LogP contribution in [0.15, 0.2) is 28.7 Å². The maximum Gasteiger partial charge on any atom is 0.433 e. The smallest absolute Gasteiger partial charge is 0.351 e. The molecular weight excluding hydrogens is 380 g/mol. The summed E-state index contributed by atoms with van der Waals surface area (Å²) in [5.74, 6) is -0.859. The Morgan fingerprint density at radius 3 is 2.48 bits per heavy atom. The van der Waals surface area contributed by atoms with E-state index in [-0.39, 0.29) is 23.5 Å². The van der Waals surface area contributed by atoms with Crippen LogP contribution in [0.3, 0.4) is 0 Å². The van der Waals surface area contributed by atoms with Crippen molar-refractivity contribution >= 4 is 33.4 Å². The Hall–Kier alpha value is -1.90. The first kappa shape index (κ1) is 16.0. The minimum atomic E-state index is -4.61.